The highest BCUT2D eigenvalue weighted by molar-refractivity contribution is 5.75. The molecule has 1 aliphatic rings. The molecule has 0 saturated carbocycles. The van der Waals surface area contributed by atoms with Crippen molar-refractivity contribution in [2.75, 3.05) is 13.7 Å². The summed E-state index contributed by atoms with van der Waals surface area (Å²) in [5, 5.41) is 0. The van der Waals surface area contributed by atoms with E-state index in [0.717, 1.165) is 7.11 Å². The summed E-state index contributed by atoms with van der Waals surface area (Å²) in [6, 6.07) is 0. The molecule has 1 heterocycles. The Labute approximate surface area is 79.2 Å². The van der Waals surface area contributed by atoms with Gasteiger partial charge in [-0.2, -0.15) is 8.78 Å². The predicted octanol–water partition coefficient (Wildman–Crippen LogP) is 1.31. The van der Waals surface area contributed by atoms with E-state index in [9.17, 15) is 18.0 Å². The zero-order chi connectivity index (χ0) is 10.8. The second-order valence-corrected chi connectivity index (χ2v) is 3.06. The lowest BCUT2D eigenvalue weighted by Crippen LogP contribution is -2.46. The number of ether oxygens (including phenoxy) is 2. The van der Waals surface area contributed by atoms with Gasteiger partial charge in [-0.3, -0.25) is 0 Å². The van der Waals surface area contributed by atoms with E-state index in [1.807, 2.05) is 0 Å². The van der Waals surface area contributed by atoms with Crippen LogP contribution in [0.3, 0.4) is 0 Å². The highest BCUT2D eigenvalue weighted by Gasteiger charge is 2.53. The van der Waals surface area contributed by atoms with E-state index in [2.05, 4.69) is 9.47 Å². The Hall–Kier alpha value is -0.780. The normalized spacial score (nSPS) is 24.7. The number of hydrogen-bond acceptors (Lipinski definition) is 3. The molecule has 0 aromatic rings. The maximum absolute atomic E-state index is 13.2. The molecule has 0 aromatic heterocycles. The lowest BCUT2D eigenvalue weighted by molar-refractivity contribution is -0.185. The van der Waals surface area contributed by atoms with Gasteiger partial charge in [0.15, 0.2) is 0 Å². The zero-order valence-corrected chi connectivity index (χ0v) is 7.63. The van der Waals surface area contributed by atoms with Crippen LogP contribution in [0.15, 0.2) is 0 Å². The largest absolute Gasteiger partial charge is 0.467 e. The molecule has 82 valence electrons. The summed E-state index contributed by atoms with van der Waals surface area (Å²) in [6.45, 7) is 0.175. The summed E-state index contributed by atoms with van der Waals surface area (Å²) >= 11 is 0. The van der Waals surface area contributed by atoms with Gasteiger partial charge in [-0.1, -0.05) is 0 Å². The van der Waals surface area contributed by atoms with Crippen LogP contribution in [0.25, 0.3) is 0 Å². The first-order valence-corrected chi connectivity index (χ1v) is 4.21. The molecule has 14 heavy (non-hydrogen) atoms. The number of carbonyl (C=O) groups excluding carboxylic acids is 1. The van der Waals surface area contributed by atoms with E-state index in [0.29, 0.717) is 6.42 Å². The van der Waals surface area contributed by atoms with Crippen LogP contribution >= 0.6 is 0 Å². The van der Waals surface area contributed by atoms with Crippen LogP contribution in [-0.4, -0.2) is 37.9 Å². The van der Waals surface area contributed by atoms with Crippen molar-refractivity contribution in [2.24, 2.45) is 0 Å². The third kappa shape index (κ3) is 2.00. The summed E-state index contributed by atoms with van der Waals surface area (Å²) in [7, 11) is 0.862. The van der Waals surface area contributed by atoms with Crippen molar-refractivity contribution in [1.29, 1.82) is 0 Å². The molecule has 0 spiro atoms. The van der Waals surface area contributed by atoms with Gasteiger partial charge in [-0.15, -0.1) is 0 Å². The fourth-order valence-electron chi connectivity index (χ4n) is 1.31. The van der Waals surface area contributed by atoms with Gasteiger partial charge in [-0.25, -0.2) is 9.18 Å². The molecular weight excluding hydrogens is 201 g/mol. The quantitative estimate of drug-likeness (QED) is 0.662. The summed E-state index contributed by atoms with van der Waals surface area (Å²) in [6.07, 6.45) is -3.95. The van der Waals surface area contributed by atoms with Crippen molar-refractivity contribution in [3.63, 3.8) is 0 Å². The average Bonchev–Trinajstić information content (AvgIpc) is 2.68. The van der Waals surface area contributed by atoms with Crippen molar-refractivity contribution < 1.29 is 27.4 Å². The highest BCUT2D eigenvalue weighted by atomic mass is 19.3. The molecule has 1 aliphatic heterocycles. The van der Waals surface area contributed by atoms with Gasteiger partial charge < -0.3 is 9.47 Å². The summed E-state index contributed by atoms with van der Waals surface area (Å²) < 4.78 is 47.8. The number of esters is 1. The predicted molar refractivity (Wildman–Crippen MR) is 40.8 cm³/mol. The van der Waals surface area contributed by atoms with Crippen molar-refractivity contribution >= 4 is 5.97 Å². The van der Waals surface area contributed by atoms with E-state index in [4.69, 9.17) is 0 Å². The molecule has 0 unspecified atom stereocenters. The van der Waals surface area contributed by atoms with Gasteiger partial charge in [0, 0.05) is 6.61 Å². The Morgan fingerprint density at radius 3 is 2.71 bits per heavy atom. The first kappa shape index (κ1) is 11.3. The first-order valence-electron chi connectivity index (χ1n) is 4.21. The third-order valence-corrected chi connectivity index (χ3v) is 2.11. The summed E-state index contributed by atoms with van der Waals surface area (Å²) in [5.74, 6) is -5.37. The maximum Gasteiger partial charge on any atom is 0.347 e. The summed E-state index contributed by atoms with van der Waals surface area (Å²) in [5.41, 5.74) is 0. The number of alkyl halides is 3. The van der Waals surface area contributed by atoms with Crippen molar-refractivity contribution in [2.45, 2.75) is 31.0 Å². The minimum absolute atomic E-state index is 0.0599. The lowest BCUT2D eigenvalue weighted by atomic mass is 10.1. The molecule has 1 fully saturated rings. The lowest BCUT2D eigenvalue weighted by Gasteiger charge is -2.24. The fourth-order valence-corrected chi connectivity index (χ4v) is 1.31. The minimum atomic E-state index is -3.80. The molecule has 0 aliphatic carbocycles. The second-order valence-electron chi connectivity index (χ2n) is 3.06. The van der Waals surface area contributed by atoms with E-state index < -0.39 is 24.2 Å². The Morgan fingerprint density at radius 1 is 1.64 bits per heavy atom. The topological polar surface area (TPSA) is 35.5 Å². The fraction of sp³-hybridized carbons (Fsp3) is 0.875. The van der Waals surface area contributed by atoms with Crippen LogP contribution in [0, 0.1) is 0 Å². The van der Waals surface area contributed by atoms with Crippen LogP contribution in [0.4, 0.5) is 13.2 Å². The Kier molecular flexibility index (Phi) is 3.36. The highest BCUT2D eigenvalue weighted by Crippen LogP contribution is 2.34. The standard InChI is InChI=1S/C8H11F3O3/c1-13-7(12)6(9)8(10,11)5-3-2-4-14-5/h5-6H,2-4H2,1H3/t5-,6+/m1/s1. The minimum Gasteiger partial charge on any atom is -0.467 e. The van der Waals surface area contributed by atoms with Gasteiger partial charge in [0.1, 0.15) is 6.10 Å². The Morgan fingerprint density at radius 2 is 2.29 bits per heavy atom. The van der Waals surface area contributed by atoms with Crippen molar-refractivity contribution in [3.05, 3.63) is 0 Å². The van der Waals surface area contributed by atoms with Crippen LogP contribution in [-0.2, 0) is 14.3 Å². The molecule has 0 N–H and O–H groups in total. The molecule has 2 atom stereocenters. The molecule has 0 aromatic carbocycles. The summed E-state index contributed by atoms with van der Waals surface area (Å²) in [4.78, 5) is 10.6. The van der Waals surface area contributed by atoms with Gasteiger partial charge in [-0.05, 0) is 12.8 Å². The number of hydrogen-bond donors (Lipinski definition) is 0. The Bertz CT molecular complexity index is 214. The van der Waals surface area contributed by atoms with Crippen LogP contribution in [0.5, 0.6) is 0 Å². The first-order chi connectivity index (χ1) is 6.50. The number of methoxy groups -OCH3 is 1. The SMILES string of the molecule is COC(=O)[C@H](F)C(F)(F)[C@H]1CCCO1. The van der Waals surface area contributed by atoms with E-state index >= 15 is 0 Å². The Balaban J connectivity index is 2.66. The third-order valence-electron chi connectivity index (χ3n) is 2.11. The van der Waals surface area contributed by atoms with Crippen molar-refractivity contribution in [3.8, 4) is 0 Å². The molecule has 0 amide bonds. The van der Waals surface area contributed by atoms with E-state index in [1.165, 1.54) is 0 Å². The van der Waals surface area contributed by atoms with Crippen LogP contribution < -0.4 is 0 Å². The molecule has 0 bridgehead atoms. The number of carbonyl (C=O) groups is 1. The van der Waals surface area contributed by atoms with Crippen LogP contribution in [0.1, 0.15) is 12.8 Å². The molecule has 0 radical (unpaired) electrons. The van der Waals surface area contributed by atoms with Gasteiger partial charge in [0.2, 0.25) is 0 Å². The van der Waals surface area contributed by atoms with E-state index in [-0.39, 0.29) is 13.0 Å². The smallest absolute Gasteiger partial charge is 0.347 e. The average molecular weight is 212 g/mol. The zero-order valence-electron chi connectivity index (χ0n) is 7.63. The molecule has 1 rings (SSSR count). The van der Waals surface area contributed by atoms with Crippen LogP contribution in [0.2, 0.25) is 0 Å². The van der Waals surface area contributed by atoms with Gasteiger partial charge in [0.05, 0.1) is 7.11 Å². The van der Waals surface area contributed by atoms with Gasteiger partial charge in [0.25, 0.3) is 6.17 Å². The maximum atomic E-state index is 13.2. The second kappa shape index (κ2) is 4.16. The molecular formula is C8H11F3O3. The monoisotopic (exact) mass is 212 g/mol. The number of rotatable bonds is 3. The number of halogens is 3. The molecule has 1 saturated heterocycles. The van der Waals surface area contributed by atoms with E-state index in [1.54, 1.807) is 0 Å². The van der Waals surface area contributed by atoms with Gasteiger partial charge >= 0.3 is 11.9 Å². The molecule has 6 heteroatoms. The van der Waals surface area contributed by atoms with Crippen molar-refractivity contribution in [1.82, 2.24) is 0 Å². The molecule has 3 nitrogen and oxygen atoms in total.